The van der Waals surface area contributed by atoms with E-state index in [1.165, 1.54) is 39.7 Å². The van der Waals surface area contributed by atoms with Crippen LogP contribution < -0.4 is 29.7 Å². The lowest BCUT2D eigenvalue weighted by molar-refractivity contribution is 0.0733. The average Bonchev–Trinajstić information content (AvgIpc) is 3.01. The van der Waals surface area contributed by atoms with E-state index in [4.69, 9.17) is 18.9 Å². The maximum atomic E-state index is 13.1. The van der Waals surface area contributed by atoms with Crippen molar-refractivity contribution in [2.45, 2.75) is 0 Å². The molecule has 0 fully saturated rings. The summed E-state index contributed by atoms with van der Waals surface area (Å²) in [5, 5.41) is 6.79. The van der Waals surface area contributed by atoms with Gasteiger partial charge in [0.1, 0.15) is 5.75 Å². The Labute approximate surface area is 264 Å². The number of hydrogen-bond acceptors (Lipinski definition) is 8. The molecule has 0 atom stereocenters. The summed E-state index contributed by atoms with van der Waals surface area (Å²) in [6.45, 7) is 0. The molecule has 0 saturated carbocycles. The van der Waals surface area contributed by atoms with Gasteiger partial charge in [-0.3, -0.25) is 9.59 Å². The molecule has 0 aliphatic heterocycles. The molecule has 0 heterocycles. The van der Waals surface area contributed by atoms with Crippen LogP contribution in [0.2, 0.25) is 0 Å². The van der Waals surface area contributed by atoms with Crippen molar-refractivity contribution in [1.29, 1.82) is 0 Å². The summed E-state index contributed by atoms with van der Waals surface area (Å²) in [7, 11) is 4.36. The number of rotatable bonds is 10. The van der Waals surface area contributed by atoms with E-state index in [9.17, 15) is 14.4 Å². The highest BCUT2D eigenvalue weighted by atomic mass is 79.9. The number of hydrazone groups is 1. The monoisotopic (exact) mass is 709 g/mol. The molecule has 0 saturated heterocycles. The molecule has 0 aliphatic carbocycles. The first-order valence-corrected chi connectivity index (χ1v) is 14.1. The SMILES string of the molecule is COc1cc(C(=O)Nc2ccccc2C(=O)N/N=C\c2cc(Br)ccc2OC(=O)c2ccc(Br)cc2)cc(OC)c1OC. The van der Waals surface area contributed by atoms with Crippen molar-refractivity contribution in [3.05, 3.63) is 110 Å². The minimum Gasteiger partial charge on any atom is -0.493 e. The Balaban J connectivity index is 1.50. The van der Waals surface area contributed by atoms with E-state index in [2.05, 4.69) is 47.7 Å². The summed E-state index contributed by atoms with van der Waals surface area (Å²) in [5.41, 5.74) is 3.89. The quantitative estimate of drug-likeness (QED) is 0.0837. The van der Waals surface area contributed by atoms with Crippen LogP contribution in [0.3, 0.4) is 0 Å². The third-order valence-electron chi connectivity index (χ3n) is 5.97. The van der Waals surface area contributed by atoms with Crippen molar-refractivity contribution < 1.29 is 33.3 Å². The van der Waals surface area contributed by atoms with Gasteiger partial charge in [0.05, 0.1) is 44.4 Å². The van der Waals surface area contributed by atoms with Crippen molar-refractivity contribution >= 4 is 61.5 Å². The van der Waals surface area contributed by atoms with Crippen LogP contribution in [-0.4, -0.2) is 45.3 Å². The number of halogens is 2. The van der Waals surface area contributed by atoms with Crippen LogP contribution in [0.1, 0.15) is 36.6 Å². The molecule has 2 N–H and O–H groups in total. The lowest BCUT2D eigenvalue weighted by Crippen LogP contribution is -2.21. The maximum Gasteiger partial charge on any atom is 0.343 e. The number of carbonyl (C=O) groups is 3. The van der Waals surface area contributed by atoms with E-state index in [1.54, 1.807) is 66.7 Å². The van der Waals surface area contributed by atoms with E-state index in [0.717, 1.165) is 4.47 Å². The van der Waals surface area contributed by atoms with E-state index in [0.29, 0.717) is 32.8 Å². The Kier molecular flexibility index (Phi) is 10.5. The first-order valence-electron chi connectivity index (χ1n) is 12.5. The standard InChI is InChI=1S/C31H25Br2N3O7/c1-40-26-15-19(16-27(41-2)28(26)42-3)29(37)35-24-7-5-4-6-23(24)30(38)36-34-17-20-14-22(33)12-13-25(20)43-31(39)18-8-10-21(32)11-9-18/h4-17H,1-3H3,(H,35,37)(H,36,38)/b34-17-. The van der Waals surface area contributed by atoms with Crippen molar-refractivity contribution in [1.82, 2.24) is 5.43 Å². The van der Waals surface area contributed by atoms with Gasteiger partial charge in [0.25, 0.3) is 11.8 Å². The van der Waals surface area contributed by atoms with Crippen LogP contribution >= 0.6 is 31.9 Å². The topological polar surface area (TPSA) is 125 Å². The Bertz CT molecular complexity index is 1670. The van der Waals surface area contributed by atoms with Crippen LogP contribution in [0.25, 0.3) is 0 Å². The molecule has 0 unspecified atom stereocenters. The number of para-hydroxylation sites is 1. The highest BCUT2D eigenvalue weighted by molar-refractivity contribution is 9.10. The van der Waals surface area contributed by atoms with Crippen LogP contribution in [0.4, 0.5) is 5.69 Å². The number of esters is 1. The summed E-state index contributed by atoms with van der Waals surface area (Å²) >= 11 is 6.73. The molecular formula is C31H25Br2N3O7. The minimum absolute atomic E-state index is 0.163. The highest BCUT2D eigenvalue weighted by Crippen LogP contribution is 2.38. The van der Waals surface area contributed by atoms with E-state index < -0.39 is 17.8 Å². The highest BCUT2D eigenvalue weighted by Gasteiger charge is 2.19. The predicted octanol–water partition coefficient (Wildman–Crippen LogP) is 6.47. The molecule has 0 spiro atoms. The first kappa shape index (κ1) is 31.3. The molecule has 0 radical (unpaired) electrons. The van der Waals surface area contributed by atoms with Gasteiger partial charge in [-0.25, -0.2) is 10.2 Å². The Morgan fingerprint density at radius 1 is 0.721 bits per heavy atom. The van der Waals surface area contributed by atoms with Gasteiger partial charge in [0, 0.05) is 20.1 Å². The zero-order chi connectivity index (χ0) is 30.9. The fourth-order valence-electron chi connectivity index (χ4n) is 3.88. The number of ether oxygens (including phenoxy) is 4. The van der Waals surface area contributed by atoms with Gasteiger partial charge in [-0.2, -0.15) is 5.10 Å². The largest absolute Gasteiger partial charge is 0.493 e. The summed E-state index contributed by atoms with van der Waals surface area (Å²) < 4.78 is 23.1. The second-order valence-corrected chi connectivity index (χ2v) is 10.5. The van der Waals surface area contributed by atoms with Gasteiger partial charge < -0.3 is 24.3 Å². The minimum atomic E-state index is -0.583. The summed E-state index contributed by atoms with van der Waals surface area (Å²) in [6.07, 6.45) is 1.35. The molecule has 43 heavy (non-hydrogen) atoms. The Morgan fingerprint density at radius 2 is 1.37 bits per heavy atom. The molecule has 0 aliphatic rings. The zero-order valence-corrected chi connectivity index (χ0v) is 26.3. The molecule has 4 aromatic carbocycles. The van der Waals surface area contributed by atoms with Gasteiger partial charge in [-0.05, 0) is 66.7 Å². The van der Waals surface area contributed by atoms with Gasteiger partial charge >= 0.3 is 5.97 Å². The number of methoxy groups -OCH3 is 3. The van der Waals surface area contributed by atoms with E-state index in [1.807, 2.05) is 0 Å². The molecule has 2 amide bonds. The third kappa shape index (κ3) is 7.79. The van der Waals surface area contributed by atoms with Crippen LogP contribution in [0.5, 0.6) is 23.0 Å². The second kappa shape index (κ2) is 14.5. The smallest absolute Gasteiger partial charge is 0.343 e. The number of nitrogens with one attached hydrogen (secondary N) is 2. The predicted molar refractivity (Wildman–Crippen MR) is 169 cm³/mol. The van der Waals surface area contributed by atoms with Crippen LogP contribution in [0.15, 0.2) is 92.9 Å². The van der Waals surface area contributed by atoms with Gasteiger partial charge in [-0.15, -0.1) is 0 Å². The number of hydrogen-bond donors (Lipinski definition) is 2. The zero-order valence-electron chi connectivity index (χ0n) is 23.1. The average molecular weight is 711 g/mol. The van der Waals surface area contributed by atoms with Gasteiger partial charge in [0.2, 0.25) is 5.75 Å². The van der Waals surface area contributed by atoms with Gasteiger partial charge in [-0.1, -0.05) is 44.0 Å². The van der Waals surface area contributed by atoms with E-state index >= 15 is 0 Å². The molecule has 4 rings (SSSR count). The van der Waals surface area contributed by atoms with E-state index in [-0.39, 0.29) is 22.6 Å². The molecule has 4 aromatic rings. The summed E-state index contributed by atoms with van der Waals surface area (Å²) in [6, 6.07) is 21.2. The fraction of sp³-hybridized carbons (Fsp3) is 0.0968. The number of amides is 2. The van der Waals surface area contributed by atoms with Crippen molar-refractivity contribution in [3.8, 4) is 23.0 Å². The summed E-state index contributed by atoms with van der Waals surface area (Å²) in [4.78, 5) is 38.8. The number of nitrogens with zero attached hydrogens (tertiary/aromatic N) is 1. The van der Waals surface area contributed by atoms with Crippen molar-refractivity contribution in [2.75, 3.05) is 26.6 Å². The Morgan fingerprint density at radius 3 is 2.02 bits per heavy atom. The number of carbonyl (C=O) groups excluding carboxylic acids is 3. The lowest BCUT2D eigenvalue weighted by Gasteiger charge is -2.15. The molecular weight excluding hydrogens is 686 g/mol. The normalized spacial score (nSPS) is 10.6. The molecule has 0 aromatic heterocycles. The molecule has 220 valence electrons. The third-order valence-corrected chi connectivity index (χ3v) is 6.99. The van der Waals surface area contributed by atoms with Gasteiger partial charge in [0.15, 0.2) is 11.5 Å². The molecule has 12 heteroatoms. The van der Waals surface area contributed by atoms with Crippen LogP contribution in [0, 0.1) is 0 Å². The molecule has 0 bridgehead atoms. The first-order chi connectivity index (χ1) is 20.7. The maximum absolute atomic E-state index is 13.1. The van der Waals surface area contributed by atoms with Crippen molar-refractivity contribution in [2.24, 2.45) is 5.10 Å². The molecule has 10 nitrogen and oxygen atoms in total. The van der Waals surface area contributed by atoms with Crippen LogP contribution in [-0.2, 0) is 0 Å². The number of benzene rings is 4. The number of anilines is 1. The Hall–Kier alpha value is -4.68. The summed E-state index contributed by atoms with van der Waals surface area (Å²) in [5.74, 6) is -0.438. The van der Waals surface area contributed by atoms with Crippen molar-refractivity contribution in [3.63, 3.8) is 0 Å². The fourth-order valence-corrected chi connectivity index (χ4v) is 4.52. The second-order valence-electron chi connectivity index (χ2n) is 8.69. The lowest BCUT2D eigenvalue weighted by atomic mass is 10.1.